The van der Waals surface area contributed by atoms with Gasteiger partial charge in [-0.2, -0.15) is 0 Å². The second-order valence-electron chi connectivity index (χ2n) is 6.63. The minimum absolute atomic E-state index is 0.156. The number of benzene rings is 3. The zero-order valence-electron chi connectivity index (χ0n) is 15.5. The van der Waals surface area contributed by atoms with Gasteiger partial charge in [0.1, 0.15) is 0 Å². The average Bonchev–Trinajstić information content (AvgIpc) is 2.99. The number of amides is 2. The number of hydrogen-bond acceptors (Lipinski definition) is 3. The van der Waals surface area contributed by atoms with Crippen LogP contribution in [0.5, 0.6) is 0 Å². The van der Waals surface area contributed by atoms with Crippen LogP contribution in [0.4, 0.5) is 0 Å². The molecule has 1 aliphatic rings. The van der Waals surface area contributed by atoms with Crippen LogP contribution in [0.3, 0.4) is 0 Å². The smallest absolute Gasteiger partial charge is 0.268 e. The van der Waals surface area contributed by atoms with Crippen molar-refractivity contribution in [3.63, 3.8) is 0 Å². The minimum Gasteiger partial charge on any atom is -0.269 e. The van der Waals surface area contributed by atoms with Gasteiger partial charge in [0.2, 0.25) is 0 Å². The molecule has 0 unspecified atom stereocenters. The lowest BCUT2D eigenvalue weighted by molar-refractivity contribution is -0.137. The number of carbonyl (C=O) groups excluding carboxylic acids is 2. The Morgan fingerprint density at radius 3 is 2.07 bits per heavy atom. The summed E-state index contributed by atoms with van der Waals surface area (Å²) < 4.78 is 0. The van der Waals surface area contributed by atoms with Gasteiger partial charge in [0.25, 0.3) is 11.8 Å². The van der Waals surface area contributed by atoms with Crippen molar-refractivity contribution in [3.8, 4) is 0 Å². The van der Waals surface area contributed by atoms with Crippen LogP contribution in [0.25, 0.3) is 5.57 Å². The normalized spacial score (nSPS) is 14.0. The fraction of sp³-hybridized carbons (Fsp3) is 0.0833. The molecule has 0 fully saturated rings. The van der Waals surface area contributed by atoms with Crippen molar-refractivity contribution in [3.05, 3.63) is 112 Å². The van der Waals surface area contributed by atoms with E-state index in [1.807, 2.05) is 78.9 Å². The Morgan fingerprint density at radius 2 is 1.38 bits per heavy atom. The molecule has 0 atom stereocenters. The molecule has 0 saturated heterocycles. The van der Waals surface area contributed by atoms with E-state index in [4.69, 9.17) is 11.6 Å². The maximum absolute atomic E-state index is 13.2. The standard InChI is InChI=1S/C24H18ClNO2S/c25-20-14-8-7-13-19(20)15-26-23(27)21(18-11-5-2-6-12-18)22(24(26)28)29-16-17-9-3-1-4-10-17/h1-14H,15-16H2. The van der Waals surface area contributed by atoms with Crippen LogP contribution in [0.15, 0.2) is 89.8 Å². The molecule has 3 aromatic carbocycles. The van der Waals surface area contributed by atoms with E-state index in [1.165, 1.54) is 16.7 Å². The molecule has 0 spiro atoms. The van der Waals surface area contributed by atoms with Crippen LogP contribution in [0.2, 0.25) is 5.02 Å². The van der Waals surface area contributed by atoms with Crippen LogP contribution in [-0.4, -0.2) is 16.7 Å². The van der Waals surface area contributed by atoms with E-state index < -0.39 is 0 Å². The summed E-state index contributed by atoms with van der Waals surface area (Å²) in [4.78, 5) is 28.2. The molecule has 3 aromatic rings. The van der Waals surface area contributed by atoms with Gasteiger partial charge < -0.3 is 0 Å². The average molecular weight is 420 g/mol. The number of thioether (sulfide) groups is 1. The quantitative estimate of drug-likeness (QED) is 0.491. The molecule has 0 bridgehead atoms. The molecule has 144 valence electrons. The van der Waals surface area contributed by atoms with Gasteiger partial charge in [0, 0.05) is 10.8 Å². The predicted molar refractivity (Wildman–Crippen MR) is 118 cm³/mol. The van der Waals surface area contributed by atoms with Crippen molar-refractivity contribution in [1.82, 2.24) is 4.90 Å². The summed E-state index contributed by atoms with van der Waals surface area (Å²) in [6.45, 7) is 0.156. The molecule has 0 radical (unpaired) electrons. The van der Waals surface area contributed by atoms with E-state index in [1.54, 1.807) is 6.07 Å². The van der Waals surface area contributed by atoms with Crippen molar-refractivity contribution in [1.29, 1.82) is 0 Å². The van der Waals surface area contributed by atoms with E-state index >= 15 is 0 Å². The first-order valence-electron chi connectivity index (χ1n) is 9.21. The highest BCUT2D eigenvalue weighted by Gasteiger charge is 2.39. The Balaban J connectivity index is 1.67. The molecule has 0 aromatic heterocycles. The SMILES string of the molecule is O=C1C(SCc2ccccc2)=C(c2ccccc2)C(=O)N1Cc1ccccc1Cl. The van der Waals surface area contributed by atoms with Crippen LogP contribution in [-0.2, 0) is 21.9 Å². The zero-order chi connectivity index (χ0) is 20.2. The molecule has 0 aliphatic carbocycles. The number of carbonyl (C=O) groups is 2. The van der Waals surface area contributed by atoms with Gasteiger partial charge in [0.05, 0.1) is 17.0 Å². The summed E-state index contributed by atoms with van der Waals surface area (Å²) in [5, 5.41) is 0.541. The first-order chi connectivity index (χ1) is 14.1. The first kappa shape index (κ1) is 19.5. The lowest BCUT2D eigenvalue weighted by Gasteiger charge is -2.16. The summed E-state index contributed by atoms with van der Waals surface area (Å²) in [6, 6.07) is 26.5. The van der Waals surface area contributed by atoms with Gasteiger partial charge in [-0.15, -0.1) is 11.8 Å². The summed E-state index contributed by atoms with van der Waals surface area (Å²) in [5.74, 6) is 0.0669. The van der Waals surface area contributed by atoms with Crippen LogP contribution >= 0.6 is 23.4 Å². The molecule has 3 nitrogen and oxygen atoms in total. The number of hydrogen-bond donors (Lipinski definition) is 0. The molecule has 0 N–H and O–H groups in total. The Bertz CT molecular complexity index is 1080. The van der Waals surface area contributed by atoms with Crippen LogP contribution in [0.1, 0.15) is 16.7 Å². The second kappa shape index (κ2) is 8.68. The zero-order valence-corrected chi connectivity index (χ0v) is 17.1. The van der Waals surface area contributed by atoms with E-state index in [0.29, 0.717) is 21.3 Å². The predicted octanol–water partition coefficient (Wildman–Crippen LogP) is 5.55. The Kier molecular flexibility index (Phi) is 5.84. The Morgan fingerprint density at radius 1 is 0.759 bits per heavy atom. The lowest BCUT2D eigenvalue weighted by atomic mass is 10.1. The third-order valence-electron chi connectivity index (χ3n) is 4.70. The van der Waals surface area contributed by atoms with E-state index in [9.17, 15) is 9.59 Å². The van der Waals surface area contributed by atoms with Crippen molar-refractivity contribution in [2.75, 3.05) is 0 Å². The third-order valence-corrected chi connectivity index (χ3v) is 6.21. The maximum Gasteiger partial charge on any atom is 0.268 e. The van der Waals surface area contributed by atoms with Gasteiger partial charge >= 0.3 is 0 Å². The highest BCUT2D eigenvalue weighted by molar-refractivity contribution is 8.03. The van der Waals surface area contributed by atoms with E-state index in [-0.39, 0.29) is 18.4 Å². The molecule has 29 heavy (non-hydrogen) atoms. The van der Waals surface area contributed by atoms with Crippen molar-refractivity contribution in [2.45, 2.75) is 12.3 Å². The first-order valence-corrected chi connectivity index (χ1v) is 10.6. The molecule has 1 aliphatic heterocycles. The summed E-state index contributed by atoms with van der Waals surface area (Å²) in [6.07, 6.45) is 0. The fourth-order valence-corrected chi connectivity index (χ4v) is 4.50. The van der Waals surface area contributed by atoms with E-state index in [2.05, 4.69) is 0 Å². The number of halogens is 1. The Labute approximate surface area is 179 Å². The summed E-state index contributed by atoms with van der Waals surface area (Å²) in [7, 11) is 0. The fourth-order valence-electron chi connectivity index (χ4n) is 3.22. The van der Waals surface area contributed by atoms with Gasteiger partial charge in [-0.1, -0.05) is 90.5 Å². The maximum atomic E-state index is 13.2. The monoisotopic (exact) mass is 419 g/mol. The number of rotatable bonds is 6. The van der Waals surface area contributed by atoms with E-state index in [0.717, 1.165) is 16.7 Å². The highest BCUT2D eigenvalue weighted by atomic mass is 35.5. The highest BCUT2D eigenvalue weighted by Crippen LogP contribution is 2.38. The molecule has 0 saturated carbocycles. The second-order valence-corrected chi connectivity index (χ2v) is 8.03. The van der Waals surface area contributed by atoms with Crippen molar-refractivity contribution >= 4 is 40.8 Å². The number of nitrogens with zero attached hydrogens (tertiary/aromatic N) is 1. The van der Waals surface area contributed by atoms with Crippen molar-refractivity contribution < 1.29 is 9.59 Å². The van der Waals surface area contributed by atoms with Crippen LogP contribution in [0, 0.1) is 0 Å². The minimum atomic E-state index is -0.281. The molecule has 4 rings (SSSR count). The molecule has 1 heterocycles. The molecular weight excluding hydrogens is 402 g/mol. The topological polar surface area (TPSA) is 37.4 Å². The number of imide groups is 1. The summed E-state index contributed by atoms with van der Waals surface area (Å²) >= 11 is 7.67. The van der Waals surface area contributed by atoms with Gasteiger partial charge in [0.15, 0.2) is 0 Å². The molecule has 2 amide bonds. The van der Waals surface area contributed by atoms with Crippen LogP contribution < -0.4 is 0 Å². The van der Waals surface area contributed by atoms with Gasteiger partial charge in [-0.25, -0.2) is 0 Å². The third kappa shape index (κ3) is 4.14. The largest absolute Gasteiger partial charge is 0.269 e. The molecular formula is C24H18ClNO2S. The Hall–Kier alpha value is -2.82. The lowest BCUT2D eigenvalue weighted by Crippen LogP contribution is -2.31. The van der Waals surface area contributed by atoms with Gasteiger partial charge in [-0.3, -0.25) is 14.5 Å². The van der Waals surface area contributed by atoms with Crippen molar-refractivity contribution in [2.24, 2.45) is 0 Å². The summed E-state index contributed by atoms with van der Waals surface area (Å²) in [5.41, 5.74) is 3.06. The molecule has 5 heteroatoms. The van der Waals surface area contributed by atoms with Gasteiger partial charge in [-0.05, 0) is 22.8 Å².